The second-order valence-corrected chi connectivity index (χ2v) is 12.2. The Balaban J connectivity index is 2.31. The van der Waals surface area contributed by atoms with Gasteiger partial charge in [-0.1, -0.05) is 54.6 Å². The molecule has 0 radical (unpaired) electrons. The van der Waals surface area contributed by atoms with Gasteiger partial charge in [-0.15, -0.1) is 0 Å². The van der Waals surface area contributed by atoms with E-state index in [1.165, 1.54) is 15.9 Å². The Hall–Kier alpha value is -1.99. The van der Waals surface area contributed by atoms with Crippen LogP contribution in [0.5, 0.6) is 0 Å². The van der Waals surface area contributed by atoms with Crippen molar-refractivity contribution in [3.8, 4) is 0 Å². The van der Waals surface area contributed by atoms with Gasteiger partial charge in [-0.25, -0.2) is 0 Å². The summed E-state index contributed by atoms with van der Waals surface area (Å²) in [4.78, 5) is 0. The van der Waals surface area contributed by atoms with E-state index in [0.717, 1.165) is 0 Å². The molecule has 0 aromatic heterocycles. The van der Waals surface area contributed by atoms with Gasteiger partial charge >= 0.3 is 0 Å². The number of benzene rings is 3. The van der Waals surface area contributed by atoms with Crippen molar-refractivity contribution in [3.63, 3.8) is 0 Å². The lowest BCUT2D eigenvalue weighted by atomic mass is 10.2. The first-order chi connectivity index (χ1) is 13.3. The van der Waals surface area contributed by atoms with Crippen LogP contribution in [0.15, 0.2) is 91.0 Å². The summed E-state index contributed by atoms with van der Waals surface area (Å²) in [5.41, 5.74) is -0.892. The van der Waals surface area contributed by atoms with Gasteiger partial charge in [0.15, 0.2) is 5.34 Å². The molecule has 0 spiro atoms. The smallest absolute Gasteiger partial charge is 0.185 e. The molecule has 0 saturated carbocycles. The largest absolute Gasteiger partial charge is 0.388 e. The van der Waals surface area contributed by atoms with Crippen molar-refractivity contribution in [2.75, 3.05) is 6.61 Å². The van der Waals surface area contributed by atoms with Gasteiger partial charge in [0.2, 0.25) is 0 Å². The highest BCUT2D eigenvalue weighted by Gasteiger charge is 2.59. The fourth-order valence-corrected chi connectivity index (χ4v) is 8.66. The summed E-state index contributed by atoms with van der Waals surface area (Å²) in [5.74, 6) is 0. The molecule has 3 aromatic carbocycles. The van der Waals surface area contributed by atoms with Crippen molar-refractivity contribution < 1.29 is 9.84 Å². The van der Waals surface area contributed by atoms with Crippen LogP contribution in [0.2, 0.25) is 0 Å². The van der Waals surface area contributed by atoms with Gasteiger partial charge in [0, 0.05) is 13.8 Å². The number of hydrogen-bond donors (Lipinski definition) is 1. The van der Waals surface area contributed by atoms with E-state index in [-0.39, 0.29) is 6.61 Å². The zero-order valence-electron chi connectivity index (χ0n) is 17.2. The molecule has 146 valence electrons. The predicted octanol–water partition coefficient (Wildman–Crippen LogP) is 4.50. The van der Waals surface area contributed by atoms with E-state index in [1.807, 2.05) is 0 Å². The first-order valence-electron chi connectivity index (χ1n) is 9.70. The van der Waals surface area contributed by atoms with Gasteiger partial charge in [0.05, 0.1) is 12.2 Å². The molecule has 0 atom stereocenters. The Morgan fingerprint density at radius 2 is 0.964 bits per heavy atom. The fraction of sp³-hybridized carbons (Fsp3) is 0.280. The predicted molar refractivity (Wildman–Crippen MR) is 121 cm³/mol. The van der Waals surface area contributed by atoms with E-state index in [1.54, 1.807) is 13.8 Å². The third kappa shape index (κ3) is 4.05. The quantitative estimate of drug-likeness (QED) is 0.599. The molecule has 0 aliphatic heterocycles. The van der Waals surface area contributed by atoms with E-state index in [4.69, 9.17) is 4.74 Å². The van der Waals surface area contributed by atoms with Crippen LogP contribution in [0.4, 0.5) is 0 Å². The number of hydrogen-bond acceptors (Lipinski definition) is 2. The van der Waals surface area contributed by atoms with Gasteiger partial charge < -0.3 is 9.84 Å². The first-order valence-corrected chi connectivity index (χ1v) is 11.5. The molecule has 3 aromatic rings. The van der Waals surface area contributed by atoms with Gasteiger partial charge in [-0.2, -0.15) is 0 Å². The van der Waals surface area contributed by atoms with Crippen LogP contribution in [0.1, 0.15) is 27.7 Å². The highest BCUT2D eigenvalue weighted by Crippen LogP contribution is 2.66. The topological polar surface area (TPSA) is 29.5 Å². The molecule has 2 nitrogen and oxygen atoms in total. The Bertz CT molecular complexity index is 772. The fourth-order valence-electron chi connectivity index (χ4n) is 3.78. The molecule has 0 unspecified atom stereocenters. The van der Waals surface area contributed by atoms with Crippen LogP contribution in [0, 0.1) is 0 Å². The van der Waals surface area contributed by atoms with Crippen LogP contribution in [-0.4, -0.2) is 22.7 Å². The number of ether oxygens (including phenoxy) is 1. The van der Waals surface area contributed by atoms with Crippen LogP contribution in [0.25, 0.3) is 0 Å². The Morgan fingerprint density at radius 1 is 0.643 bits per heavy atom. The van der Waals surface area contributed by atoms with Crippen molar-refractivity contribution in [1.29, 1.82) is 0 Å². The van der Waals surface area contributed by atoms with Crippen LogP contribution in [-0.2, 0) is 4.74 Å². The summed E-state index contributed by atoms with van der Waals surface area (Å²) in [6.07, 6.45) is 0. The van der Waals surface area contributed by atoms with E-state index >= 15 is 0 Å². The molecule has 3 heteroatoms. The van der Waals surface area contributed by atoms with Crippen LogP contribution in [0.3, 0.4) is 0 Å². The molecule has 0 saturated heterocycles. The van der Waals surface area contributed by atoms with Crippen molar-refractivity contribution in [2.24, 2.45) is 0 Å². The highest BCUT2D eigenvalue weighted by atomic mass is 31.2. The normalized spacial score (nSPS) is 12.8. The van der Waals surface area contributed by atoms with Crippen molar-refractivity contribution in [1.82, 2.24) is 0 Å². The minimum Gasteiger partial charge on any atom is -0.388 e. The van der Waals surface area contributed by atoms with E-state index < -0.39 is 18.2 Å². The standard InChI is InChI=1S/C25H30O2P/c1-24(2,26)20-27-25(3,4)28(21-14-8-5-9-15-21,22-16-10-6-11-17-22)23-18-12-7-13-19-23/h5-19,26H,20H2,1-4H3/q+1. The summed E-state index contributed by atoms with van der Waals surface area (Å²) in [7, 11) is -2.18. The summed E-state index contributed by atoms with van der Waals surface area (Å²) in [6, 6.07) is 32.0. The van der Waals surface area contributed by atoms with Crippen LogP contribution < -0.4 is 15.9 Å². The third-order valence-corrected chi connectivity index (χ3v) is 9.98. The second-order valence-electron chi connectivity index (χ2n) is 8.23. The van der Waals surface area contributed by atoms with Crippen molar-refractivity contribution in [3.05, 3.63) is 91.0 Å². The zero-order valence-corrected chi connectivity index (χ0v) is 18.1. The van der Waals surface area contributed by atoms with E-state index in [9.17, 15) is 5.11 Å². The molecule has 0 fully saturated rings. The molecule has 28 heavy (non-hydrogen) atoms. The minimum absolute atomic E-state index is 0.272. The molecular formula is C25H30O2P+. The molecule has 0 aliphatic rings. The minimum atomic E-state index is -2.18. The first kappa shape index (κ1) is 20.7. The van der Waals surface area contributed by atoms with Gasteiger partial charge in [-0.3, -0.25) is 0 Å². The summed E-state index contributed by atoms with van der Waals surface area (Å²) < 4.78 is 6.52. The number of rotatable bonds is 7. The number of aliphatic hydroxyl groups is 1. The zero-order chi connectivity index (χ0) is 20.3. The Kier molecular flexibility index (Phi) is 6.05. The molecule has 0 amide bonds. The van der Waals surface area contributed by atoms with Crippen LogP contribution >= 0.6 is 7.26 Å². The molecule has 0 bridgehead atoms. The lowest BCUT2D eigenvalue weighted by Crippen LogP contribution is -2.47. The molecule has 0 aliphatic carbocycles. The molecule has 1 N–H and O–H groups in total. The van der Waals surface area contributed by atoms with Gasteiger partial charge in [0.1, 0.15) is 23.2 Å². The Labute approximate surface area is 169 Å². The van der Waals surface area contributed by atoms with Gasteiger partial charge in [0.25, 0.3) is 0 Å². The van der Waals surface area contributed by atoms with Crippen molar-refractivity contribution in [2.45, 2.75) is 38.6 Å². The molecule has 3 rings (SSSR count). The maximum atomic E-state index is 10.3. The van der Waals surface area contributed by atoms with E-state index in [0.29, 0.717) is 0 Å². The van der Waals surface area contributed by atoms with Crippen molar-refractivity contribution >= 4 is 23.2 Å². The molecular weight excluding hydrogens is 363 g/mol. The average molecular weight is 393 g/mol. The lowest BCUT2D eigenvalue weighted by molar-refractivity contribution is -0.0567. The monoisotopic (exact) mass is 393 g/mol. The van der Waals surface area contributed by atoms with Gasteiger partial charge in [-0.05, 0) is 50.2 Å². The van der Waals surface area contributed by atoms with E-state index in [2.05, 4.69) is 105 Å². The average Bonchev–Trinajstić information content (AvgIpc) is 2.69. The summed E-state index contributed by atoms with van der Waals surface area (Å²) >= 11 is 0. The summed E-state index contributed by atoms with van der Waals surface area (Å²) in [5, 5.41) is 13.6. The lowest BCUT2D eigenvalue weighted by Gasteiger charge is -2.41. The maximum Gasteiger partial charge on any atom is 0.185 e. The SMILES string of the molecule is CC(C)(O)COC(C)(C)[P+](c1ccccc1)(c1ccccc1)c1ccccc1. The Morgan fingerprint density at radius 3 is 1.25 bits per heavy atom. The maximum absolute atomic E-state index is 10.3. The second kappa shape index (κ2) is 8.17. The highest BCUT2D eigenvalue weighted by molar-refractivity contribution is 7.96. The summed E-state index contributed by atoms with van der Waals surface area (Å²) in [6.45, 7) is 8.18. The third-order valence-electron chi connectivity index (χ3n) is 5.02. The molecule has 0 heterocycles.